The number of benzene rings is 1. The van der Waals surface area contributed by atoms with Crippen LogP contribution in [0.1, 0.15) is 12.0 Å². The molecule has 0 radical (unpaired) electrons. The third-order valence-electron chi connectivity index (χ3n) is 5.22. The molecule has 3 rings (SSSR count). The fourth-order valence-corrected chi connectivity index (χ4v) is 3.71. The Morgan fingerprint density at radius 2 is 2.03 bits per heavy atom. The summed E-state index contributed by atoms with van der Waals surface area (Å²) in [7, 11) is 0. The third-order valence-corrected chi connectivity index (χ3v) is 5.22. The second-order valence-electron chi connectivity index (χ2n) is 7.25. The van der Waals surface area contributed by atoms with Gasteiger partial charge in [-0.2, -0.15) is 0 Å². The van der Waals surface area contributed by atoms with E-state index in [9.17, 15) is 13.6 Å². The lowest BCUT2D eigenvalue weighted by Crippen LogP contribution is -2.53. The third kappa shape index (κ3) is 7.09. The van der Waals surface area contributed by atoms with Crippen molar-refractivity contribution in [2.24, 2.45) is 5.92 Å². The summed E-state index contributed by atoms with van der Waals surface area (Å²) in [6.45, 7) is 4.79. The topological polar surface area (TPSA) is 72.1 Å². The van der Waals surface area contributed by atoms with Gasteiger partial charge in [0.15, 0.2) is 0 Å². The molecule has 1 aromatic carbocycles. The molecule has 2 fully saturated rings. The van der Waals surface area contributed by atoms with Gasteiger partial charge in [0.25, 0.3) is 6.43 Å². The largest absolute Gasteiger partial charge is 0.488 e. The van der Waals surface area contributed by atoms with Crippen LogP contribution in [0, 0.1) is 5.92 Å². The van der Waals surface area contributed by atoms with Crippen molar-refractivity contribution in [3.8, 4) is 5.75 Å². The standard InChI is InChI=1S/C20H29F2N3O4/c21-19(22)14-29-17-3-1-2-15(10-17)11-23-20(26)24-12-18(16-4-7-28-13-16)25-5-8-27-9-6-25/h1-3,10,16,18-19H,4-9,11-14H2,(H2,23,24,26). The van der Waals surface area contributed by atoms with E-state index in [2.05, 4.69) is 15.5 Å². The van der Waals surface area contributed by atoms with Gasteiger partial charge >= 0.3 is 6.03 Å². The average molecular weight is 413 g/mol. The highest BCUT2D eigenvalue weighted by Crippen LogP contribution is 2.22. The van der Waals surface area contributed by atoms with Crippen molar-refractivity contribution in [3.05, 3.63) is 29.8 Å². The summed E-state index contributed by atoms with van der Waals surface area (Å²) in [5, 5.41) is 5.78. The Bertz CT molecular complexity index is 638. The molecule has 2 aliphatic heterocycles. The number of carbonyl (C=O) groups is 1. The Hall–Kier alpha value is -1.97. The zero-order valence-electron chi connectivity index (χ0n) is 16.4. The first-order valence-electron chi connectivity index (χ1n) is 10.0. The van der Waals surface area contributed by atoms with E-state index < -0.39 is 13.0 Å². The Balaban J connectivity index is 1.46. The molecule has 0 aromatic heterocycles. The molecule has 0 bridgehead atoms. The Labute approximate surface area is 169 Å². The summed E-state index contributed by atoms with van der Waals surface area (Å²) in [4.78, 5) is 14.7. The summed E-state index contributed by atoms with van der Waals surface area (Å²) in [5.74, 6) is 0.760. The Morgan fingerprint density at radius 3 is 2.76 bits per heavy atom. The molecule has 2 N–H and O–H groups in total. The van der Waals surface area contributed by atoms with Crippen molar-refractivity contribution < 1.29 is 27.8 Å². The normalized spacial score (nSPS) is 21.1. The number of halogens is 2. The molecular formula is C20H29F2N3O4. The van der Waals surface area contributed by atoms with Crippen LogP contribution in [0.3, 0.4) is 0 Å². The fraction of sp³-hybridized carbons (Fsp3) is 0.650. The van der Waals surface area contributed by atoms with E-state index >= 15 is 0 Å². The van der Waals surface area contributed by atoms with Gasteiger partial charge in [0.1, 0.15) is 12.4 Å². The van der Waals surface area contributed by atoms with Crippen molar-refractivity contribution in [3.63, 3.8) is 0 Å². The first-order valence-corrected chi connectivity index (χ1v) is 10.0. The van der Waals surface area contributed by atoms with Crippen LogP contribution >= 0.6 is 0 Å². The highest BCUT2D eigenvalue weighted by Gasteiger charge is 2.31. The van der Waals surface area contributed by atoms with Crippen LogP contribution in [0.15, 0.2) is 24.3 Å². The highest BCUT2D eigenvalue weighted by molar-refractivity contribution is 5.73. The zero-order valence-corrected chi connectivity index (χ0v) is 16.4. The summed E-state index contributed by atoms with van der Waals surface area (Å²) in [6.07, 6.45) is -1.52. The molecule has 0 spiro atoms. The van der Waals surface area contributed by atoms with Crippen LogP contribution in [0.4, 0.5) is 13.6 Å². The lowest BCUT2D eigenvalue weighted by atomic mass is 9.97. The van der Waals surface area contributed by atoms with Gasteiger partial charge < -0.3 is 24.8 Å². The number of carbonyl (C=O) groups excluding carboxylic acids is 1. The number of morpholine rings is 1. The van der Waals surface area contributed by atoms with E-state index in [0.29, 0.717) is 31.4 Å². The summed E-state index contributed by atoms with van der Waals surface area (Å²) in [5.41, 5.74) is 0.779. The van der Waals surface area contributed by atoms with E-state index in [1.54, 1.807) is 18.2 Å². The number of hydrogen-bond acceptors (Lipinski definition) is 5. The van der Waals surface area contributed by atoms with Gasteiger partial charge in [0.2, 0.25) is 0 Å². The maximum atomic E-state index is 12.3. The molecule has 9 heteroatoms. The van der Waals surface area contributed by atoms with Gasteiger partial charge in [-0.25, -0.2) is 13.6 Å². The SMILES string of the molecule is O=C(NCc1cccc(OCC(F)F)c1)NCC(C1CCOC1)N1CCOCC1. The van der Waals surface area contributed by atoms with E-state index in [4.69, 9.17) is 14.2 Å². The van der Waals surface area contributed by atoms with Crippen LogP contribution in [0.2, 0.25) is 0 Å². The molecule has 2 unspecified atom stereocenters. The van der Waals surface area contributed by atoms with Crippen LogP contribution in [0.5, 0.6) is 5.75 Å². The quantitative estimate of drug-likeness (QED) is 0.647. The number of nitrogens with zero attached hydrogens (tertiary/aromatic N) is 1. The van der Waals surface area contributed by atoms with Gasteiger partial charge in [0, 0.05) is 44.7 Å². The van der Waals surface area contributed by atoms with Crippen LogP contribution in [-0.2, 0) is 16.0 Å². The van der Waals surface area contributed by atoms with Crippen molar-refractivity contribution in [1.82, 2.24) is 15.5 Å². The number of urea groups is 1. The lowest BCUT2D eigenvalue weighted by Gasteiger charge is -2.37. The van der Waals surface area contributed by atoms with Crippen LogP contribution in [0.25, 0.3) is 0 Å². The average Bonchev–Trinajstić information content (AvgIpc) is 3.26. The molecule has 0 aliphatic carbocycles. The molecule has 162 valence electrons. The van der Waals surface area contributed by atoms with Gasteiger partial charge in [-0.15, -0.1) is 0 Å². The monoisotopic (exact) mass is 413 g/mol. The highest BCUT2D eigenvalue weighted by atomic mass is 19.3. The first kappa shape index (κ1) is 21.7. The predicted molar refractivity (Wildman–Crippen MR) is 103 cm³/mol. The molecular weight excluding hydrogens is 384 g/mol. The minimum absolute atomic E-state index is 0.221. The van der Waals surface area contributed by atoms with Crippen LogP contribution < -0.4 is 15.4 Å². The molecule has 29 heavy (non-hydrogen) atoms. The maximum Gasteiger partial charge on any atom is 0.315 e. The van der Waals surface area contributed by atoms with Crippen molar-refractivity contribution in [2.75, 3.05) is 52.7 Å². The smallest absolute Gasteiger partial charge is 0.315 e. The zero-order chi connectivity index (χ0) is 20.5. The van der Waals surface area contributed by atoms with Crippen LogP contribution in [-0.4, -0.2) is 76.1 Å². The summed E-state index contributed by atoms with van der Waals surface area (Å²) in [6, 6.07) is 6.74. The summed E-state index contributed by atoms with van der Waals surface area (Å²) < 4.78 is 40.5. The first-order chi connectivity index (χ1) is 14.1. The molecule has 2 aliphatic rings. The second kappa shape index (κ2) is 11.3. The molecule has 2 saturated heterocycles. The number of ether oxygens (including phenoxy) is 3. The van der Waals surface area contributed by atoms with Crippen molar-refractivity contribution in [1.29, 1.82) is 0 Å². The number of rotatable bonds is 9. The van der Waals surface area contributed by atoms with Gasteiger partial charge in [-0.05, 0) is 24.1 Å². The van der Waals surface area contributed by atoms with Crippen molar-refractivity contribution in [2.45, 2.75) is 25.4 Å². The number of amides is 2. The maximum absolute atomic E-state index is 12.3. The molecule has 0 saturated carbocycles. The number of alkyl halides is 2. The minimum atomic E-state index is -2.52. The van der Waals surface area contributed by atoms with E-state index in [-0.39, 0.29) is 18.6 Å². The summed E-state index contributed by atoms with van der Waals surface area (Å²) >= 11 is 0. The second-order valence-corrected chi connectivity index (χ2v) is 7.25. The Kier molecular flexibility index (Phi) is 8.45. The Morgan fingerprint density at radius 1 is 1.21 bits per heavy atom. The molecule has 1 aromatic rings. The molecule has 2 heterocycles. The van der Waals surface area contributed by atoms with E-state index in [0.717, 1.165) is 38.3 Å². The molecule has 2 amide bonds. The fourth-order valence-electron chi connectivity index (χ4n) is 3.71. The van der Waals surface area contributed by atoms with Gasteiger partial charge in [0.05, 0.1) is 19.8 Å². The van der Waals surface area contributed by atoms with Gasteiger partial charge in [-0.1, -0.05) is 12.1 Å². The molecule has 2 atom stereocenters. The van der Waals surface area contributed by atoms with E-state index in [1.165, 1.54) is 0 Å². The van der Waals surface area contributed by atoms with Gasteiger partial charge in [-0.3, -0.25) is 4.90 Å². The number of nitrogens with one attached hydrogen (secondary N) is 2. The van der Waals surface area contributed by atoms with E-state index in [1.807, 2.05) is 6.07 Å². The lowest BCUT2D eigenvalue weighted by molar-refractivity contribution is 0.00212. The van der Waals surface area contributed by atoms with Crippen molar-refractivity contribution >= 4 is 6.03 Å². The molecule has 7 nitrogen and oxygen atoms in total. The number of hydrogen-bond donors (Lipinski definition) is 2. The predicted octanol–water partition coefficient (Wildman–Crippen LogP) is 1.87. The minimum Gasteiger partial charge on any atom is -0.488 e.